The van der Waals surface area contributed by atoms with Gasteiger partial charge in [0.15, 0.2) is 0 Å². The van der Waals surface area contributed by atoms with E-state index in [1.54, 1.807) is 0 Å². The predicted molar refractivity (Wildman–Crippen MR) is 71.4 cm³/mol. The number of nitrogens with zero attached hydrogens (tertiary/aromatic N) is 1. The lowest BCUT2D eigenvalue weighted by Gasteiger charge is -2.26. The van der Waals surface area contributed by atoms with Gasteiger partial charge in [0.1, 0.15) is 0 Å². The summed E-state index contributed by atoms with van der Waals surface area (Å²) in [5, 5.41) is 8.87. The van der Waals surface area contributed by atoms with E-state index in [2.05, 4.69) is 58.9 Å². The van der Waals surface area contributed by atoms with Crippen molar-refractivity contribution in [2.24, 2.45) is 0 Å². The molecule has 0 aliphatic carbocycles. The molecule has 16 heavy (non-hydrogen) atoms. The highest BCUT2D eigenvalue weighted by Crippen LogP contribution is 2.13. The maximum absolute atomic E-state index is 8.87. The number of aliphatic hydroxyl groups is 1. The molecule has 3 heteroatoms. The third-order valence-electron chi connectivity index (χ3n) is 2.63. The molecule has 0 aliphatic heterocycles. The van der Waals surface area contributed by atoms with Crippen molar-refractivity contribution in [1.82, 2.24) is 4.90 Å². The second-order valence-corrected chi connectivity index (χ2v) is 5.18. The fraction of sp³-hybridized carbons (Fsp3) is 0.538. The van der Waals surface area contributed by atoms with Gasteiger partial charge in [-0.25, -0.2) is 0 Å². The zero-order chi connectivity index (χ0) is 12.0. The van der Waals surface area contributed by atoms with Crippen LogP contribution in [0.2, 0.25) is 0 Å². The van der Waals surface area contributed by atoms with Crippen LogP contribution in [0.1, 0.15) is 25.8 Å². The van der Waals surface area contributed by atoms with E-state index in [-0.39, 0.29) is 6.61 Å². The monoisotopic (exact) mass is 285 g/mol. The van der Waals surface area contributed by atoms with Crippen LogP contribution in [-0.4, -0.2) is 29.2 Å². The van der Waals surface area contributed by atoms with Crippen LogP contribution in [0.15, 0.2) is 28.7 Å². The molecule has 0 saturated heterocycles. The minimum Gasteiger partial charge on any atom is -0.396 e. The average Bonchev–Trinajstić information content (AvgIpc) is 2.26. The van der Waals surface area contributed by atoms with E-state index in [9.17, 15) is 0 Å². The minimum absolute atomic E-state index is 0.267. The summed E-state index contributed by atoms with van der Waals surface area (Å²) in [5.74, 6) is 0. The maximum atomic E-state index is 8.87. The molecule has 0 saturated carbocycles. The van der Waals surface area contributed by atoms with Crippen molar-refractivity contribution >= 4 is 15.9 Å². The molecule has 0 aliphatic rings. The van der Waals surface area contributed by atoms with Gasteiger partial charge in [0.05, 0.1) is 0 Å². The van der Waals surface area contributed by atoms with Crippen molar-refractivity contribution < 1.29 is 5.11 Å². The molecule has 0 amide bonds. The highest BCUT2D eigenvalue weighted by Gasteiger charge is 2.09. The molecule has 1 rings (SSSR count). The lowest BCUT2D eigenvalue weighted by molar-refractivity contribution is 0.185. The largest absolute Gasteiger partial charge is 0.396 e. The Hall–Kier alpha value is -0.380. The number of hydrogen-bond donors (Lipinski definition) is 1. The van der Waals surface area contributed by atoms with Crippen LogP contribution in [0, 0.1) is 0 Å². The van der Waals surface area contributed by atoms with Gasteiger partial charge < -0.3 is 5.11 Å². The first-order chi connectivity index (χ1) is 7.63. The van der Waals surface area contributed by atoms with E-state index >= 15 is 0 Å². The van der Waals surface area contributed by atoms with E-state index < -0.39 is 0 Å². The Labute approximate surface area is 106 Å². The predicted octanol–water partition coefficient (Wildman–Crippen LogP) is 3.04. The number of hydrogen-bond acceptors (Lipinski definition) is 2. The second kappa shape index (κ2) is 7.05. The van der Waals surface area contributed by atoms with E-state index in [1.165, 1.54) is 5.56 Å². The van der Waals surface area contributed by atoms with Gasteiger partial charge in [-0.1, -0.05) is 28.1 Å². The smallest absolute Gasteiger partial charge is 0.0443 e. The van der Waals surface area contributed by atoms with Gasteiger partial charge in [-0.3, -0.25) is 4.90 Å². The van der Waals surface area contributed by atoms with Crippen molar-refractivity contribution in [3.8, 4) is 0 Å². The molecule has 90 valence electrons. The molecule has 0 radical (unpaired) electrons. The number of rotatable bonds is 6. The molecule has 0 atom stereocenters. The Kier molecular flexibility index (Phi) is 6.03. The van der Waals surface area contributed by atoms with Crippen molar-refractivity contribution in [3.63, 3.8) is 0 Å². The summed E-state index contributed by atoms with van der Waals surface area (Å²) in [4.78, 5) is 2.37. The summed E-state index contributed by atoms with van der Waals surface area (Å²) < 4.78 is 1.11. The molecule has 0 aromatic heterocycles. The summed E-state index contributed by atoms with van der Waals surface area (Å²) in [7, 11) is 0. The lowest BCUT2D eigenvalue weighted by atomic mass is 10.2. The van der Waals surface area contributed by atoms with Crippen molar-refractivity contribution in [2.75, 3.05) is 13.2 Å². The van der Waals surface area contributed by atoms with E-state index in [4.69, 9.17) is 5.11 Å². The molecule has 0 spiro atoms. The molecule has 1 aromatic carbocycles. The van der Waals surface area contributed by atoms with Crippen LogP contribution >= 0.6 is 15.9 Å². The first kappa shape index (κ1) is 13.7. The third kappa shape index (κ3) is 4.64. The van der Waals surface area contributed by atoms with E-state index in [1.807, 2.05) is 0 Å². The Balaban J connectivity index is 2.57. The van der Waals surface area contributed by atoms with Crippen molar-refractivity contribution in [2.45, 2.75) is 32.9 Å². The summed E-state index contributed by atoms with van der Waals surface area (Å²) in [6.07, 6.45) is 0.842. The Bertz CT molecular complexity index is 297. The third-order valence-corrected chi connectivity index (χ3v) is 3.16. The first-order valence-corrected chi connectivity index (χ1v) is 6.52. The van der Waals surface area contributed by atoms with Crippen LogP contribution in [-0.2, 0) is 6.54 Å². The quantitative estimate of drug-likeness (QED) is 0.869. The van der Waals surface area contributed by atoms with Gasteiger partial charge in [-0.2, -0.15) is 0 Å². The lowest BCUT2D eigenvalue weighted by Crippen LogP contribution is -2.31. The molecule has 0 bridgehead atoms. The molecule has 2 nitrogen and oxygen atoms in total. The SMILES string of the molecule is CC(C)N(CCCO)Cc1ccc(Br)cc1. The zero-order valence-electron chi connectivity index (χ0n) is 9.99. The van der Waals surface area contributed by atoms with E-state index in [0.717, 1.165) is 24.0 Å². The van der Waals surface area contributed by atoms with Crippen LogP contribution in [0.5, 0.6) is 0 Å². The molecular formula is C13H20BrNO. The summed E-state index contributed by atoms with van der Waals surface area (Å²) in [6, 6.07) is 8.92. The van der Waals surface area contributed by atoms with Gasteiger partial charge in [0.25, 0.3) is 0 Å². The molecule has 1 aromatic rings. The zero-order valence-corrected chi connectivity index (χ0v) is 11.6. The van der Waals surface area contributed by atoms with Gasteiger partial charge in [-0.05, 0) is 38.0 Å². The van der Waals surface area contributed by atoms with Crippen LogP contribution in [0.25, 0.3) is 0 Å². The van der Waals surface area contributed by atoms with Gasteiger partial charge >= 0.3 is 0 Å². The fourth-order valence-corrected chi connectivity index (χ4v) is 1.88. The first-order valence-electron chi connectivity index (χ1n) is 5.73. The Morgan fingerprint density at radius 3 is 2.38 bits per heavy atom. The fourth-order valence-electron chi connectivity index (χ4n) is 1.62. The van der Waals surface area contributed by atoms with E-state index in [0.29, 0.717) is 6.04 Å². The van der Waals surface area contributed by atoms with Gasteiger partial charge in [-0.15, -0.1) is 0 Å². The van der Waals surface area contributed by atoms with Gasteiger partial charge in [0, 0.05) is 30.2 Å². The summed E-state index contributed by atoms with van der Waals surface area (Å²) in [5.41, 5.74) is 1.31. The van der Waals surface area contributed by atoms with Crippen molar-refractivity contribution in [1.29, 1.82) is 0 Å². The van der Waals surface area contributed by atoms with Crippen molar-refractivity contribution in [3.05, 3.63) is 34.3 Å². The molecule has 1 N–H and O–H groups in total. The number of benzene rings is 1. The average molecular weight is 286 g/mol. The molecule has 0 unspecified atom stereocenters. The highest BCUT2D eigenvalue weighted by atomic mass is 79.9. The highest BCUT2D eigenvalue weighted by molar-refractivity contribution is 9.10. The number of aliphatic hydroxyl groups excluding tert-OH is 1. The number of halogens is 1. The van der Waals surface area contributed by atoms with Crippen LogP contribution in [0.3, 0.4) is 0 Å². The minimum atomic E-state index is 0.267. The molecule has 0 heterocycles. The maximum Gasteiger partial charge on any atom is 0.0443 e. The standard InChI is InChI=1S/C13H20BrNO/c1-11(2)15(8-3-9-16)10-12-4-6-13(14)7-5-12/h4-7,11,16H,3,8-10H2,1-2H3. The Morgan fingerprint density at radius 1 is 1.25 bits per heavy atom. The van der Waals surface area contributed by atoms with Crippen LogP contribution < -0.4 is 0 Å². The van der Waals surface area contributed by atoms with Gasteiger partial charge in [0.2, 0.25) is 0 Å². The van der Waals surface area contributed by atoms with Crippen LogP contribution in [0.4, 0.5) is 0 Å². The molecular weight excluding hydrogens is 266 g/mol. The molecule has 0 fully saturated rings. The summed E-state index contributed by atoms with van der Waals surface area (Å²) in [6.45, 7) is 6.55. The Morgan fingerprint density at radius 2 is 1.88 bits per heavy atom. The topological polar surface area (TPSA) is 23.5 Å². The normalized spacial score (nSPS) is 11.4. The summed E-state index contributed by atoms with van der Waals surface area (Å²) >= 11 is 3.44. The second-order valence-electron chi connectivity index (χ2n) is 4.27.